The number of nitrogens with zero attached hydrogens (tertiary/aromatic N) is 1. The molecule has 0 N–H and O–H groups in total. The predicted octanol–water partition coefficient (Wildman–Crippen LogP) is 5.84. The summed E-state index contributed by atoms with van der Waals surface area (Å²) in [5.74, 6) is 0. The van der Waals surface area contributed by atoms with Gasteiger partial charge in [-0.3, -0.25) is 4.98 Å². The van der Waals surface area contributed by atoms with Crippen molar-refractivity contribution in [3.05, 3.63) is 52.7 Å². The zero-order chi connectivity index (χ0) is 15.7. The van der Waals surface area contributed by atoms with E-state index in [2.05, 4.69) is 44.2 Å². The number of halogens is 2. The Morgan fingerprint density at radius 1 is 1.05 bits per heavy atom. The molecule has 1 heterocycles. The van der Waals surface area contributed by atoms with Crippen LogP contribution in [0.15, 0.2) is 30.3 Å². The Bertz CT molecular complexity index is 670. The normalized spacial score (nSPS) is 16.4. The molecule has 2 aromatic rings. The molecular weight excluding hydrogens is 313 g/mol. The van der Waals surface area contributed by atoms with Gasteiger partial charge in [-0.15, -0.1) is 0 Å². The summed E-state index contributed by atoms with van der Waals surface area (Å²) in [5.41, 5.74) is 7.09. The van der Waals surface area contributed by atoms with Crippen molar-refractivity contribution < 1.29 is 0 Å². The average Bonchev–Trinajstić information content (AvgIpc) is 2.53. The molecule has 0 radical (unpaired) electrons. The first-order valence-electron chi connectivity index (χ1n) is 8.06. The number of aryl methyl sites for hydroxylation is 3. The summed E-state index contributed by atoms with van der Waals surface area (Å²) in [5, 5.41) is 0. The van der Waals surface area contributed by atoms with Crippen LogP contribution >= 0.6 is 23.2 Å². The third-order valence-electron chi connectivity index (χ3n) is 4.53. The minimum atomic E-state index is -0.781. The van der Waals surface area contributed by atoms with Crippen LogP contribution in [0.4, 0.5) is 0 Å². The summed E-state index contributed by atoms with van der Waals surface area (Å²) in [6, 6.07) is 10.7. The number of rotatable bonds is 3. The van der Waals surface area contributed by atoms with Gasteiger partial charge in [-0.05, 0) is 49.3 Å². The highest BCUT2D eigenvalue weighted by atomic mass is 35.5. The van der Waals surface area contributed by atoms with E-state index in [0.717, 1.165) is 49.1 Å². The lowest BCUT2D eigenvalue weighted by Gasteiger charge is -2.27. The van der Waals surface area contributed by atoms with Crippen LogP contribution in [0.25, 0.3) is 11.3 Å². The summed E-state index contributed by atoms with van der Waals surface area (Å²) in [7, 11) is 0. The average molecular weight is 334 g/mol. The molecule has 0 saturated carbocycles. The fourth-order valence-electron chi connectivity index (χ4n) is 3.35. The van der Waals surface area contributed by atoms with Crippen molar-refractivity contribution in [2.24, 2.45) is 0 Å². The SMILES string of the molecule is CCc1cccc(CC)c1-c1ccc2c(n1)CCCC2(Cl)Cl. The van der Waals surface area contributed by atoms with Gasteiger partial charge in [0, 0.05) is 16.8 Å². The maximum Gasteiger partial charge on any atom is 0.144 e. The molecule has 0 fully saturated rings. The molecule has 0 unspecified atom stereocenters. The lowest BCUT2D eigenvalue weighted by atomic mass is 9.91. The second-order valence-corrected chi connectivity index (χ2v) is 7.39. The van der Waals surface area contributed by atoms with E-state index >= 15 is 0 Å². The van der Waals surface area contributed by atoms with E-state index in [0.29, 0.717) is 0 Å². The van der Waals surface area contributed by atoms with Crippen LogP contribution in [-0.4, -0.2) is 4.98 Å². The molecular formula is C19H21Cl2N. The van der Waals surface area contributed by atoms with Crippen LogP contribution in [0.5, 0.6) is 0 Å². The highest BCUT2D eigenvalue weighted by Gasteiger charge is 2.33. The minimum Gasteiger partial charge on any atom is -0.252 e. The Morgan fingerprint density at radius 2 is 1.73 bits per heavy atom. The third kappa shape index (κ3) is 2.77. The van der Waals surface area contributed by atoms with Gasteiger partial charge in [-0.1, -0.05) is 61.3 Å². The molecule has 0 bridgehead atoms. The zero-order valence-corrected chi connectivity index (χ0v) is 14.6. The van der Waals surface area contributed by atoms with Gasteiger partial charge in [-0.2, -0.15) is 0 Å². The number of fused-ring (bicyclic) bond motifs is 1. The molecule has 3 heteroatoms. The van der Waals surface area contributed by atoms with Crippen molar-refractivity contribution in [1.29, 1.82) is 0 Å². The first kappa shape index (κ1) is 15.8. The molecule has 1 aromatic carbocycles. The lowest BCUT2D eigenvalue weighted by Crippen LogP contribution is -2.20. The molecule has 1 aliphatic rings. The molecule has 0 amide bonds. The van der Waals surface area contributed by atoms with Gasteiger partial charge in [-0.25, -0.2) is 0 Å². The van der Waals surface area contributed by atoms with E-state index < -0.39 is 4.33 Å². The van der Waals surface area contributed by atoms with Gasteiger partial charge in [0.05, 0.1) is 5.69 Å². The molecule has 3 rings (SSSR count). The fourth-order valence-corrected chi connectivity index (χ4v) is 3.96. The molecule has 1 aromatic heterocycles. The molecule has 0 saturated heterocycles. The van der Waals surface area contributed by atoms with Crippen LogP contribution < -0.4 is 0 Å². The van der Waals surface area contributed by atoms with E-state index in [1.54, 1.807) is 0 Å². The van der Waals surface area contributed by atoms with Crippen molar-refractivity contribution in [3.63, 3.8) is 0 Å². The first-order chi connectivity index (χ1) is 10.6. The summed E-state index contributed by atoms with van der Waals surface area (Å²) >= 11 is 12.9. The number of alkyl halides is 2. The smallest absolute Gasteiger partial charge is 0.144 e. The second kappa shape index (κ2) is 6.22. The zero-order valence-electron chi connectivity index (χ0n) is 13.1. The quantitative estimate of drug-likeness (QED) is 0.643. The molecule has 0 spiro atoms. The molecule has 1 aliphatic carbocycles. The van der Waals surface area contributed by atoms with E-state index in [1.807, 2.05) is 0 Å². The van der Waals surface area contributed by atoms with Crippen molar-refractivity contribution in [3.8, 4) is 11.3 Å². The highest BCUT2D eigenvalue weighted by Crippen LogP contribution is 2.44. The fraction of sp³-hybridized carbons (Fsp3) is 0.421. The van der Waals surface area contributed by atoms with Gasteiger partial charge >= 0.3 is 0 Å². The van der Waals surface area contributed by atoms with Gasteiger partial charge in [0.1, 0.15) is 4.33 Å². The van der Waals surface area contributed by atoms with E-state index in [1.165, 1.54) is 16.7 Å². The summed E-state index contributed by atoms with van der Waals surface area (Å²) in [6.07, 6.45) is 4.77. The summed E-state index contributed by atoms with van der Waals surface area (Å²) < 4.78 is -0.781. The Morgan fingerprint density at radius 3 is 2.36 bits per heavy atom. The molecule has 22 heavy (non-hydrogen) atoms. The number of benzene rings is 1. The van der Waals surface area contributed by atoms with Gasteiger partial charge in [0.25, 0.3) is 0 Å². The van der Waals surface area contributed by atoms with Crippen LogP contribution in [0.3, 0.4) is 0 Å². The van der Waals surface area contributed by atoms with Gasteiger partial charge in [0.15, 0.2) is 0 Å². The molecule has 1 nitrogen and oxygen atoms in total. The number of aromatic nitrogens is 1. The number of hydrogen-bond acceptors (Lipinski definition) is 1. The number of pyridine rings is 1. The Labute approximate surface area is 142 Å². The number of hydrogen-bond donors (Lipinski definition) is 0. The summed E-state index contributed by atoms with van der Waals surface area (Å²) in [6.45, 7) is 4.39. The molecule has 0 atom stereocenters. The maximum absolute atomic E-state index is 6.44. The first-order valence-corrected chi connectivity index (χ1v) is 8.81. The Balaban J connectivity index is 2.15. The van der Waals surface area contributed by atoms with Crippen molar-refractivity contribution >= 4 is 23.2 Å². The molecule has 0 aliphatic heterocycles. The minimum absolute atomic E-state index is 0.781. The topological polar surface area (TPSA) is 12.9 Å². The maximum atomic E-state index is 6.44. The van der Waals surface area contributed by atoms with Crippen LogP contribution in [0.1, 0.15) is 49.1 Å². The lowest BCUT2D eigenvalue weighted by molar-refractivity contribution is 0.612. The van der Waals surface area contributed by atoms with E-state index in [-0.39, 0.29) is 0 Å². The third-order valence-corrected chi connectivity index (χ3v) is 5.31. The highest BCUT2D eigenvalue weighted by molar-refractivity contribution is 6.48. The second-order valence-electron chi connectivity index (χ2n) is 5.91. The van der Waals surface area contributed by atoms with Crippen molar-refractivity contribution in [2.75, 3.05) is 0 Å². The monoisotopic (exact) mass is 333 g/mol. The largest absolute Gasteiger partial charge is 0.252 e. The van der Waals surface area contributed by atoms with Crippen molar-refractivity contribution in [1.82, 2.24) is 4.98 Å². The predicted molar refractivity (Wildman–Crippen MR) is 94.8 cm³/mol. The van der Waals surface area contributed by atoms with Gasteiger partial charge < -0.3 is 0 Å². The van der Waals surface area contributed by atoms with Crippen LogP contribution in [0.2, 0.25) is 0 Å². The van der Waals surface area contributed by atoms with Gasteiger partial charge in [0.2, 0.25) is 0 Å². The Kier molecular flexibility index (Phi) is 4.47. The van der Waals surface area contributed by atoms with Crippen LogP contribution in [-0.2, 0) is 23.6 Å². The molecule has 116 valence electrons. The van der Waals surface area contributed by atoms with E-state index in [4.69, 9.17) is 28.2 Å². The van der Waals surface area contributed by atoms with E-state index in [9.17, 15) is 0 Å². The van der Waals surface area contributed by atoms with Crippen LogP contribution in [0, 0.1) is 0 Å². The summed E-state index contributed by atoms with van der Waals surface area (Å²) in [4.78, 5) is 4.93. The van der Waals surface area contributed by atoms with Crippen molar-refractivity contribution in [2.45, 2.75) is 50.3 Å². The standard InChI is InChI=1S/C19H21Cl2N/c1-3-13-7-5-8-14(4-2)18(13)17-11-10-15-16(22-17)9-6-12-19(15,20)21/h5,7-8,10-11H,3-4,6,9,12H2,1-2H3. The Hall–Kier alpha value is -1.05.